The third-order valence-corrected chi connectivity index (χ3v) is 8.68. The van der Waals surface area contributed by atoms with Crippen molar-refractivity contribution < 1.29 is 22.7 Å². The molecule has 1 amide bonds. The van der Waals surface area contributed by atoms with Crippen LogP contribution in [0, 0.1) is 0 Å². The van der Waals surface area contributed by atoms with Crippen LogP contribution in [0.2, 0.25) is 5.02 Å². The molecule has 7 nitrogen and oxygen atoms in total. The van der Waals surface area contributed by atoms with E-state index in [2.05, 4.69) is 5.32 Å². The minimum Gasteiger partial charge on any atom is -0.451 e. The van der Waals surface area contributed by atoms with Crippen LogP contribution in [0.4, 0.5) is 5.69 Å². The molecule has 2 aromatic carbocycles. The smallest absolute Gasteiger partial charge is 0.350 e. The second-order valence-electron chi connectivity index (χ2n) is 7.36. The van der Waals surface area contributed by atoms with Crippen LogP contribution < -0.4 is 5.32 Å². The van der Waals surface area contributed by atoms with E-state index in [1.54, 1.807) is 12.1 Å². The molecule has 0 unspecified atom stereocenters. The van der Waals surface area contributed by atoms with E-state index in [0.717, 1.165) is 29.3 Å². The largest absolute Gasteiger partial charge is 0.451 e. The SMILES string of the molecule is O=C(COC(=O)c1sc2ccccc2c1Cl)Nc1cccc(S(=O)(=O)N2CCCCC2)c1. The van der Waals surface area contributed by atoms with Crippen LogP contribution in [0.1, 0.15) is 28.9 Å². The molecule has 0 aliphatic carbocycles. The average Bonchev–Trinajstić information content (AvgIpc) is 3.15. The van der Waals surface area contributed by atoms with Crippen LogP contribution in [0.5, 0.6) is 0 Å². The van der Waals surface area contributed by atoms with Gasteiger partial charge in [-0.15, -0.1) is 11.3 Å². The Morgan fingerprint density at radius 1 is 1.06 bits per heavy atom. The Labute approximate surface area is 195 Å². The van der Waals surface area contributed by atoms with Crippen molar-refractivity contribution in [3.63, 3.8) is 0 Å². The number of esters is 1. The standard InChI is InChI=1S/C22H21ClN2O5S2/c23-20-17-9-2-3-10-18(17)31-21(20)22(27)30-14-19(26)24-15-7-6-8-16(13-15)32(28,29)25-11-4-1-5-12-25/h2-3,6-10,13H,1,4-5,11-12,14H2,(H,24,26). The molecule has 4 rings (SSSR count). The molecular weight excluding hydrogens is 472 g/mol. The fourth-order valence-corrected chi connectivity index (χ4v) is 6.49. The van der Waals surface area contributed by atoms with Crippen molar-refractivity contribution in [2.24, 2.45) is 0 Å². The number of anilines is 1. The van der Waals surface area contributed by atoms with Gasteiger partial charge in [0.15, 0.2) is 6.61 Å². The van der Waals surface area contributed by atoms with Gasteiger partial charge < -0.3 is 10.1 Å². The van der Waals surface area contributed by atoms with E-state index >= 15 is 0 Å². The quantitative estimate of drug-likeness (QED) is 0.510. The molecule has 0 saturated carbocycles. The molecule has 1 aliphatic rings. The second-order valence-corrected chi connectivity index (χ2v) is 10.7. The molecule has 10 heteroatoms. The Kier molecular flexibility index (Phi) is 6.80. The van der Waals surface area contributed by atoms with Crippen LogP contribution in [-0.4, -0.2) is 44.3 Å². The van der Waals surface area contributed by atoms with E-state index in [-0.39, 0.29) is 9.77 Å². The summed E-state index contributed by atoms with van der Waals surface area (Å²) in [5.41, 5.74) is 0.309. The number of amides is 1. The predicted octanol–water partition coefficient (Wildman–Crippen LogP) is 4.52. The molecule has 0 radical (unpaired) electrons. The molecular formula is C22H21ClN2O5S2. The topological polar surface area (TPSA) is 92.8 Å². The molecule has 0 spiro atoms. The Balaban J connectivity index is 1.39. The van der Waals surface area contributed by atoms with Crippen molar-refractivity contribution in [3.8, 4) is 0 Å². The van der Waals surface area contributed by atoms with Crippen molar-refractivity contribution >= 4 is 60.6 Å². The Morgan fingerprint density at radius 3 is 2.56 bits per heavy atom. The van der Waals surface area contributed by atoms with E-state index in [1.807, 2.05) is 24.3 Å². The molecule has 1 N–H and O–H groups in total. The highest BCUT2D eigenvalue weighted by Crippen LogP contribution is 2.35. The van der Waals surface area contributed by atoms with Crippen molar-refractivity contribution in [1.29, 1.82) is 0 Å². The van der Waals surface area contributed by atoms with E-state index in [0.29, 0.717) is 23.8 Å². The molecule has 1 aromatic heterocycles. The summed E-state index contributed by atoms with van der Waals surface area (Å²) in [5.74, 6) is -1.27. The van der Waals surface area contributed by atoms with Gasteiger partial charge in [0.2, 0.25) is 10.0 Å². The first-order valence-corrected chi connectivity index (χ1v) is 12.7. The highest BCUT2D eigenvalue weighted by Gasteiger charge is 2.26. The van der Waals surface area contributed by atoms with Gasteiger partial charge in [-0.3, -0.25) is 4.79 Å². The second kappa shape index (κ2) is 9.58. The molecule has 0 atom stereocenters. The number of hydrogen-bond acceptors (Lipinski definition) is 6. The first-order valence-electron chi connectivity index (χ1n) is 10.1. The van der Waals surface area contributed by atoms with Crippen LogP contribution in [0.25, 0.3) is 10.1 Å². The summed E-state index contributed by atoms with van der Waals surface area (Å²) in [6, 6.07) is 13.4. The Bertz CT molecular complexity index is 1270. The summed E-state index contributed by atoms with van der Waals surface area (Å²) in [6.07, 6.45) is 2.70. The maximum atomic E-state index is 12.8. The van der Waals surface area contributed by atoms with E-state index in [9.17, 15) is 18.0 Å². The number of thiophene rings is 1. The third-order valence-electron chi connectivity index (χ3n) is 5.13. The van der Waals surface area contributed by atoms with Gasteiger partial charge in [-0.25, -0.2) is 13.2 Å². The number of rotatable bonds is 6. The fourth-order valence-electron chi connectivity index (χ4n) is 3.53. The van der Waals surface area contributed by atoms with Crippen LogP contribution in [0.3, 0.4) is 0 Å². The number of fused-ring (bicyclic) bond motifs is 1. The highest BCUT2D eigenvalue weighted by molar-refractivity contribution is 7.89. The van der Waals surface area contributed by atoms with E-state index in [4.69, 9.17) is 16.3 Å². The number of carbonyl (C=O) groups excluding carboxylic acids is 2. The van der Waals surface area contributed by atoms with Crippen LogP contribution in [0.15, 0.2) is 53.4 Å². The summed E-state index contributed by atoms with van der Waals surface area (Å²) in [6.45, 7) is 0.469. The number of benzene rings is 2. The molecule has 3 aromatic rings. The zero-order valence-corrected chi connectivity index (χ0v) is 19.4. The van der Waals surface area contributed by atoms with E-state index < -0.39 is 28.5 Å². The predicted molar refractivity (Wildman–Crippen MR) is 125 cm³/mol. The zero-order chi connectivity index (χ0) is 22.7. The van der Waals surface area contributed by atoms with Gasteiger partial charge in [-0.05, 0) is 37.1 Å². The number of sulfonamides is 1. The van der Waals surface area contributed by atoms with Crippen molar-refractivity contribution in [3.05, 3.63) is 58.4 Å². The Morgan fingerprint density at radius 2 is 1.81 bits per heavy atom. The molecule has 1 saturated heterocycles. The third kappa shape index (κ3) is 4.80. The van der Waals surface area contributed by atoms with Gasteiger partial charge in [0, 0.05) is 28.9 Å². The van der Waals surface area contributed by atoms with Gasteiger partial charge >= 0.3 is 5.97 Å². The molecule has 32 heavy (non-hydrogen) atoms. The van der Waals surface area contributed by atoms with Gasteiger partial charge in [0.25, 0.3) is 5.91 Å². The van der Waals surface area contributed by atoms with Crippen molar-refractivity contribution in [2.75, 3.05) is 25.0 Å². The lowest BCUT2D eigenvalue weighted by atomic mass is 10.2. The normalized spacial score (nSPS) is 14.9. The van der Waals surface area contributed by atoms with Crippen LogP contribution in [-0.2, 0) is 19.6 Å². The number of hydrogen-bond donors (Lipinski definition) is 1. The Hall–Kier alpha value is -2.46. The number of carbonyl (C=O) groups is 2. The first kappa shape index (κ1) is 22.7. The lowest BCUT2D eigenvalue weighted by Gasteiger charge is -2.26. The molecule has 1 aliphatic heterocycles. The van der Waals surface area contributed by atoms with Crippen LogP contribution >= 0.6 is 22.9 Å². The molecule has 1 fully saturated rings. The summed E-state index contributed by atoms with van der Waals surface area (Å²) >= 11 is 7.47. The minimum absolute atomic E-state index is 0.117. The van der Waals surface area contributed by atoms with Gasteiger partial charge in [-0.2, -0.15) is 4.31 Å². The fraction of sp³-hybridized carbons (Fsp3) is 0.273. The summed E-state index contributed by atoms with van der Waals surface area (Å²) in [7, 11) is -3.62. The van der Waals surface area contributed by atoms with Crippen molar-refractivity contribution in [2.45, 2.75) is 24.2 Å². The lowest BCUT2D eigenvalue weighted by Crippen LogP contribution is -2.35. The molecule has 2 heterocycles. The molecule has 168 valence electrons. The number of halogens is 1. The maximum absolute atomic E-state index is 12.8. The first-order chi connectivity index (χ1) is 15.4. The lowest BCUT2D eigenvalue weighted by molar-refractivity contribution is -0.119. The zero-order valence-electron chi connectivity index (χ0n) is 17.0. The van der Waals surface area contributed by atoms with Gasteiger partial charge in [-0.1, -0.05) is 42.3 Å². The van der Waals surface area contributed by atoms with E-state index in [1.165, 1.54) is 27.8 Å². The number of piperidine rings is 1. The number of nitrogens with one attached hydrogen (secondary N) is 1. The molecule has 0 bridgehead atoms. The number of ether oxygens (including phenoxy) is 1. The van der Waals surface area contributed by atoms with Crippen molar-refractivity contribution in [1.82, 2.24) is 4.31 Å². The highest BCUT2D eigenvalue weighted by atomic mass is 35.5. The summed E-state index contributed by atoms with van der Waals surface area (Å²) in [4.78, 5) is 25.0. The summed E-state index contributed by atoms with van der Waals surface area (Å²) < 4.78 is 33.1. The monoisotopic (exact) mass is 492 g/mol. The maximum Gasteiger partial charge on any atom is 0.350 e. The summed E-state index contributed by atoms with van der Waals surface area (Å²) in [5, 5.41) is 3.63. The minimum atomic E-state index is -3.62. The average molecular weight is 493 g/mol. The van der Waals surface area contributed by atoms with Gasteiger partial charge in [0.05, 0.1) is 9.92 Å². The van der Waals surface area contributed by atoms with Gasteiger partial charge in [0.1, 0.15) is 4.88 Å². The number of nitrogens with zero attached hydrogens (tertiary/aromatic N) is 1.